The molecule has 2 atom stereocenters. The molecule has 0 N–H and O–H groups in total. The first-order valence-electron chi connectivity index (χ1n) is 8.06. The molecule has 1 aliphatic heterocycles. The normalized spacial score (nSPS) is 27.0. The van der Waals surface area contributed by atoms with Gasteiger partial charge in [-0.3, -0.25) is 0 Å². The maximum atomic E-state index is 6.38. The average Bonchev–Trinajstić information content (AvgIpc) is 2.57. The Bertz CT molecular complexity index is 735. The number of hydrogen-bond donors (Lipinski definition) is 0. The Balaban J connectivity index is 1.88. The summed E-state index contributed by atoms with van der Waals surface area (Å²) in [5.41, 5.74) is 4.81. The van der Waals surface area contributed by atoms with E-state index in [2.05, 4.69) is 60.8 Å². The maximum absolute atomic E-state index is 6.38. The van der Waals surface area contributed by atoms with Crippen LogP contribution in [0, 0.1) is 0 Å². The van der Waals surface area contributed by atoms with E-state index in [9.17, 15) is 0 Å². The molecule has 1 saturated heterocycles. The zero-order valence-electron chi connectivity index (χ0n) is 12.7. The highest BCUT2D eigenvalue weighted by molar-refractivity contribution is 6.46. The molecule has 0 spiro atoms. The van der Waals surface area contributed by atoms with E-state index in [-0.39, 0.29) is 5.22 Å². The molecule has 2 unspecified atom stereocenters. The Morgan fingerprint density at radius 3 is 2.82 bits per heavy atom. The molecule has 2 aromatic rings. The zero-order valence-corrected chi connectivity index (χ0v) is 13.7. The van der Waals surface area contributed by atoms with Gasteiger partial charge in [-0.1, -0.05) is 48.6 Å². The summed E-state index contributed by atoms with van der Waals surface area (Å²) in [6.07, 6.45) is 8.21. The highest BCUT2D eigenvalue weighted by Gasteiger charge is 2.41. The van der Waals surface area contributed by atoms with Crippen LogP contribution in [-0.2, 0) is 4.74 Å². The minimum atomic E-state index is -0.0850. The van der Waals surface area contributed by atoms with Gasteiger partial charge in [0.25, 0.3) is 0 Å². The van der Waals surface area contributed by atoms with Gasteiger partial charge in [0.1, 0.15) is 9.52 Å². The van der Waals surface area contributed by atoms with Crippen LogP contribution in [-0.4, -0.2) is 21.4 Å². The van der Waals surface area contributed by atoms with Gasteiger partial charge >= 0.3 is 0 Å². The molecule has 2 aliphatic rings. The Hall–Kier alpha value is -1.64. The van der Waals surface area contributed by atoms with Gasteiger partial charge in [-0.15, -0.1) is 12.3 Å². The van der Waals surface area contributed by atoms with Crippen molar-refractivity contribution in [3.63, 3.8) is 0 Å². The van der Waals surface area contributed by atoms with E-state index in [0.717, 1.165) is 13.0 Å². The van der Waals surface area contributed by atoms with Crippen molar-refractivity contribution in [2.24, 2.45) is 0 Å². The molecule has 4 rings (SSSR count). The molecule has 110 valence electrons. The smallest absolute Gasteiger partial charge is 0.114 e. The standard InChI is InChI=1S/C20H20OSi/c1-2-22-20(13-3-4-14-21-20)18-12-11-16-8-5-7-15-9-6-10-17(18)19(15)16/h2,5-12,18H,1,3-4,13-14H2. The summed E-state index contributed by atoms with van der Waals surface area (Å²) in [6.45, 7) is 4.87. The lowest BCUT2D eigenvalue weighted by Gasteiger charge is -2.43. The van der Waals surface area contributed by atoms with Gasteiger partial charge in [0.2, 0.25) is 0 Å². The van der Waals surface area contributed by atoms with Crippen molar-refractivity contribution in [1.82, 2.24) is 0 Å². The van der Waals surface area contributed by atoms with E-state index in [4.69, 9.17) is 4.74 Å². The zero-order chi connectivity index (χ0) is 15.0. The fraction of sp³-hybridized carbons (Fsp3) is 0.300. The van der Waals surface area contributed by atoms with Crippen molar-refractivity contribution in [2.75, 3.05) is 6.61 Å². The molecule has 1 nitrogen and oxygen atoms in total. The van der Waals surface area contributed by atoms with Crippen molar-refractivity contribution < 1.29 is 4.74 Å². The van der Waals surface area contributed by atoms with Crippen LogP contribution >= 0.6 is 0 Å². The molecule has 2 radical (unpaired) electrons. The van der Waals surface area contributed by atoms with E-state index < -0.39 is 0 Å². The van der Waals surface area contributed by atoms with E-state index in [1.807, 2.05) is 0 Å². The van der Waals surface area contributed by atoms with Crippen LogP contribution in [0.25, 0.3) is 16.8 Å². The number of hydrogen-bond acceptors (Lipinski definition) is 1. The Labute approximate surface area is 134 Å². The molecule has 0 saturated carbocycles. The summed E-state index contributed by atoms with van der Waals surface area (Å²) < 4.78 is 6.38. The third kappa shape index (κ3) is 2.10. The average molecular weight is 304 g/mol. The van der Waals surface area contributed by atoms with E-state index in [0.29, 0.717) is 15.4 Å². The SMILES string of the molecule is C=C[Si]C1(C2C=Cc3cccc4cccc2c34)CCCCO1. The molecule has 1 fully saturated rings. The van der Waals surface area contributed by atoms with Crippen molar-refractivity contribution in [3.8, 4) is 0 Å². The molecule has 0 amide bonds. The summed E-state index contributed by atoms with van der Waals surface area (Å²) in [7, 11) is 0.638. The van der Waals surface area contributed by atoms with Crippen molar-refractivity contribution in [3.05, 3.63) is 65.9 Å². The van der Waals surface area contributed by atoms with Crippen LogP contribution in [0.1, 0.15) is 36.3 Å². The van der Waals surface area contributed by atoms with Crippen molar-refractivity contribution in [1.29, 1.82) is 0 Å². The molecular formula is C20H20OSi. The van der Waals surface area contributed by atoms with Crippen LogP contribution in [0.4, 0.5) is 0 Å². The van der Waals surface area contributed by atoms with Gasteiger partial charge < -0.3 is 4.74 Å². The molecule has 22 heavy (non-hydrogen) atoms. The van der Waals surface area contributed by atoms with Crippen molar-refractivity contribution in [2.45, 2.75) is 30.4 Å². The lowest BCUT2D eigenvalue weighted by atomic mass is 9.80. The third-order valence-electron chi connectivity index (χ3n) is 4.92. The summed E-state index contributed by atoms with van der Waals surface area (Å²) >= 11 is 0. The largest absolute Gasteiger partial charge is 0.378 e. The van der Waals surface area contributed by atoms with Crippen LogP contribution in [0.15, 0.2) is 54.8 Å². The molecule has 2 heteroatoms. The topological polar surface area (TPSA) is 9.23 Å². The summed E-state index contributed by atoms with van der Waals surface area (Å²) in [6, 6.07) is 13.2. The van der Waals surface area contributed by atoms with E-state index in [1.54, 1.807) is 0 Å². The number of benzene rings is 2. The highest BCUT2D eigenvalue weighted by atomic mass is 28.2. The molecular weight excluding hydrogens is 284 g/mol. The Morgan fingerprint density at radius 2 is 2.05 bits per heavy atom. The molecule has 0 aromatic heterocycles. The van der Waals surface area contributed by atoms with Gasteiger partial charge in [0.05, 0.1) is 5.22 Å². The predicted molar refractivity (Wildman–Crippen MR) is 94.2 cm³/mol. The summed E-state index contributed by atoms with van der Waals surface area (Å²) in [4.78, 5) is 0. The number of ether oxygens (including phenoxy) is 1. The van der Waals surface area contributed by atoms with Gasteiger partial charge in [-0.2, -0.15) is 0 Å². The summed E-state index contributed by atoms with van der Waals surface area (Å²) in [5, 5.41) is 2.65. The monoisotopic (exact) mass is 304 g/mol. The fourth-order valence-corrected chi connectivity index (χ4v) is 5.23. The minimum absolute atomic E-state index is 0.0850. The quantitative estimate of drug-likeness (QED) is 0.747. The first kappa shape index (κ1) is 14.0. The van der Waals surface area contributed by atoms with Crippen LogP contribution < -0.4 is 0 Å². The van der Waals surface area contributed by atoms with Crippen molar-refractivity contribution >= 4 is 26.4 Å². The van der Waals surface area contributed by atoms with Crippen LogP contribution in [0.5, 0.6) is 0 Å². The maximum Gasteiger partial charge on any atom is 0.114 e. The number of rotatable bonds is 3. The van der Waals surface area contributed by atoms with E-state index in [1.165, 1.54) is 34.7 Å². The predicted octanol–water partition coefficient (Wildman–Crippen LogP) is 4.69. The molecule has 1 heterocycles. The van der Waals surface area contributed by atoms with Gasteiger partial charge in [-0.05, 0) is 41.2 Å². The fourth-order valence-electron chi connectivity index (χ4n) is 3.95. The van der Waals surface area contributed by atoms with Gasteiger partial charge in [0, 0.05) is 12.5 Å². The second-order valence-electron chi connectivity index (χ2n) is 6.17. The molecule has 2 aromatic carbocycles. The third-order valence-corrected chi connectivity index (χ3v) is 6.32. The Morgan fingerprint density at radius 1 is 1.18 bits per heavy atom. The minimum Gasteiger partial charge on any atom is -0.378 e. The van der Waals surface area contributed by atoms with Gasteiger partial charge in [-0.25, -0.2) is 0 Å². The molecule has 1 aliphatic carbocycles. The lowest BCUT2D eigenvalue weighted by molar-refractivity contribution is -0.0280. The second kappa shape index (κ2) is 5.53. The summed E-state index contributed by atoms with van der Waals surface area (Å²) in [5.74, 6) is 0.336. The Kier molecular flexibility index (Phi) is 3.51. The van der Waals surface area contributed by atoms with Crippen LogP contribution in [0.3, 0.4) is 0 Å². The second-order valence-corrected chi connectivity index (χ2v) is 7.72. The lowest BCUT2D eigenvalue weighted by Crippen LogP contribution is -2.47. The van der Waals surface area contributed by atoms with Gasteiger partial charge in [0.15, 0.2) is 0 Å². The molecule has 0 bridgehead atoms. The highest BCUT2D eigenvalue weighted by Crippen LogP contribution is 2.44. The van der Waals surface area contributed by atoms with E-state index >= 15 is 0 Å². The first-order chi connectivity index (χ1) is 10.8. The first-order valence-corrected chi connectivity index (χ1v) is 9.14. The van der Waals surface area contributed by atoms with Crippen LogP contribution in [0.2, 0.25) is 0 Å².